The van der Waals surface area contributed by atoms with Crippen LogP contribution < -0.4 is 10.2 Å². The maximum Gasteiger partial charge on any atom is 0.272 e. The number of nitrogens with one attached hydrogen (secondary N) is 2. The summed E-state index contributed by atoms with van der Waals surface area (Å²) in [6, 6.07) is 14.7. The number of anilines is 1. The predicted octanol–water partition coefficient (Wildman–Crippen LogP) is 4.70. The molecule has 200 valence electrons. The van der Waals surface area contributed by atoms with Crippen LogP contribution in [-0.2, 0) is 20.6 Å². The Bertz CT molecular complexity index is 1600. The molecule has 39 heavy (non-hydrogen) atoms. The maximum atomic E-state index is 14.3. The summed E-state index contributed by atoms with van der Waals surface area (Å²) >= 11 is 0. The molecule has 6 rings (SSSR count). The molecule has 3 aliphatic rings. The summed E-state index contributed by atoms with van der Waals surface area (Å²) < 4.78 is 0. The average molecular weight is 523 g/mol. The van der Waals surface area contributed by atoms with Gasteiger partial charge in [0.2, 0.25) is 5.91 Å². The summed E-state index contributed by atoms with van der Waals surface area (Å²) in [5, 5.41) is 16.0. The van der Waals surface area contributed by atoms with Crippen LogP contribution in [0.3, 0.4) is 0 Å². The Balaban J connectivity index is 1.52. The first kappa shape index (κ1) is 25.2. The molecule has 2 saturated heterocycles. The van der Waals surface area contributed by atoms with E-state index in [4.69, 9.17) is 0 Å². The van der Waals surface area contributed by atoms with Crippen molar-refractivity contribution in [3.05, 3.63) is 96.4 Å². The number of nitrogens with zero attached hydrogens (tertiary/aromatic N) is 2. The van der Waals surface area contributed by atoms with Gasteiger partial charge in [-0.15, -0.1) is 13.2 Å². The molecule has 2 fully saturated rings. The Morgan fingerprint density at radius 1 is 1.03 bits per heavy atom. The summed E-state index contributed by atoms with van der Waals surface area (Å²) in [7, 11) is 0. The maximum absolute atomic E-state index is 14.3. The van der Waals surface area contributed by atoms with Crippen LogP contribution in [0.15, 0.2) is 79.5 Å². The third-order valence-electron chi connectivity index (χ3n) is 8.74. The lowest BCUT2D eigenvalue weighted by molar-refractivity contribution is -0.142. The van der Waals surface area contributed by atoms with Crippen molar-refractivity contribution in [2.45, 2.75) is 62.9 Å². The summed E-state index contributed by atoms with van der Waals surface area (Å²) in [4.78, 5) is 34.9. The Morgan fingerprint density at radius 2 is 1.72 bits per heavy atom. The molecule has 2 aromatic carbocycles. The van der Waals surface area contributed by atoms with Gasteiger partial charge in [0.25, 0.3) is 5.91 Å². The van der Waals surface area contributed by atoms with Gasteiger partial charge in [0, 0.05) is 45.2 Å². The first-order chi connectivity index (χ1) is 18.4. The number of aliphatic hydroxyl groups is 1. The fourth-order valence-corrected chi connectivity index (χ4v) is 6.44. The fourth-order valence-electron chi connectivity index (χ4n) is 6.44. The van der Waals surface area contributed by atoms with E-state index in [1.165, 1.54) is 0 Å². The zero-order chi connectivity index (χ0) is 27.9. The van der Waals surface area contributed by atoms with E-state index < -0.39 is 28.8 Å². The van der Waals surface area contributed by atoms with E-state index >= 15 is 0 Å². The van der Waals surface area contributed by atoms with Crippen molar-refractivity contribution < 1.29 is 14.7 Å². The summed E-state index contributed by atoms with van der Waals surface area (Å²) in [6.07, 6.45) is 4.79. The van der Waals surface area contributed by atoms with E-state index in [-0.39, 0.29) is 23.9 Å². The molecule has 4 heterocycles. The molecule has 2 amide bonds. The molecule has 7 heteroatoms. The van der Waals surface area contributed by atoms with Crippen LogP contribution in [0.25, 0.3) is 17.0 Å². The smallest absolute Gasteiger partial charge is 0.272 e. The largest absolute Gasteiger partial charge is 0.381 e. The Morgan fingerprint density at radius 3 is 2.44 bits per heavy atom. The van der Waals surface area contributed by atoms with Crippen LogP contribution >= 0.6 is 0 Å². The number of amides is 2. The van der Waals surface area contributed by atoms with Crippen LogP contribution in [0.1, 0.15) is 50.9 Å². The normalized spacial score (nSPS) is 25.5. The summed E-state index contributed by atoms with van der Waals surface area (Å²) in [6.45, 7) is 16.1. The molecule has 3 aliphatic heterocycles. The molecule has 0 unspecified atom stereocenters. The van der Waals surface area contributed by atoms with Crippen molar-refractivity contribution in [2.75, 3.05) is 4.90 Å². The number of aromatic amines is 1. The first-order valence-corrected chi connectivity index (χ1v) is 13.3. The molecule has 0 spiro atoms. The Kier molecular flexibility index (Phi) is 5.30. The monoisotopic (exact) mass is 522 g/mol. The lowest BCUT2D eigenvalue weighted by atomic mass is 9.86. The molecule has 0 bridgehead atoms. The number of aromatic nitrogens is 1. The zero-order valence-electron chi connectivity index (χ0n) is 22.8. The van der Waals surface area contributed by atoms with Crippen molar-refractivity contribution in [3.63, 3.8) is 0 Å². The van der Waals surface area contributed by atoms with Crippen molar-refractivity contribution in [1.29, 1.82) is 0 Å². The Hall–Kier alpha value is -4.10. The van der Waals surface area contributed by atoms with Gasteiger partial charge in [0.15, 0.2) is 0 Å². The highest BCUT2D eigenvalue weighted by atomic mass is 16.3. The van der Waals surface area contributed by atoms with Gasteiger partial charge >= 0.3 is 0 Å². The van der Waals surface area contributed by atoms with Crippen molar-refractivity contribution >= 4 is 34.5 Å². The van der Waals surface area contributed by atoms with E-state index in [2.05, 4.69) is 37.3 Å². The fraction of sp³-hybridized carbons (Fsp3) is 0.312. The molecule has 3 aromatic rings. The van der Waals surface area contributed by atoms with Crippen LogP contribution in [0, 0.1) is 0 Å². The van der Waals surface area contributed by atoms with Gasteiger partial charge in [-0.2, -0.15) is 0 Å². The zero-order valence-corrected chi connectivity index (χ0v) is 22.8. The molecular formula is C32H34N4O3. The number of H-pyrrole nitrogens is 1. The quantitative estimate of drug-likeness (QED) is 0.335. The second-order valence-electron chi connectivity index (χ2n) is 11.9. The van der Waals surface area contributed by atoms with Crippen LogP contribution in [0.5, 0.6) is 0 Å². The van der Waals surface area contributed by atoms with Crippen LogP contribution in [0.2, 0.25) is 0 Å². The van der Waals surface area contributed by atoms with E-state index in [1.54, 1.807) is 11.0 Å². The van der Waals surface area contributed by atoms with Crippen LogP contribution in [0.4, 0.5) is 5.69 Å². The van der Waals surface area contributed by atoms with Gasteiger partial charge in [0.05, 0.1) is 5.54 Å². The third-order valence-corrected chi connectivity index (χ3v) is 8.74. The molecule has 1 aromatic heterocycles. The van der Waals surface area contributed by atoms with Gasteiger partial charge in [0.1, 0.15) is 23.5 Å². The third kappa shape index (κ3) is 3.39. The summed E-state index contributed by atoms with van der Waals surface area (Å²) in [5.74, 6) is -0.632. The van der Waals surface area contributed by atoms with E-state index in [9.17, 15) is 14.7 Å². The van der Waals surface area contributed by atoms with Crippen molar-refractivity contribution in [1.82, 2.24) is 15.2 Å². The van der Waals surface area contributed by atoms with E-state index in [0.717, 1.165) is 33.4 Å². The molecule has 0 radical (unpaired) electrons. The highest BCUT2D eigenvalue weighted by molar-refractivity contribution is 6.09. The van der Waals surface area contributed by atoms with Gasteiger partial charge in [-0.1, -0.05) is 62.4 Å². The summed E-state index contributed by atoms with van der Waals surface area (Å²) in [5.41, 5.74) is 1.97. The van der Waals surface area contributed by atoms with E-state index in [0.29, 0.717) is 0 Å². The van der Waals surface area contributed by atoms with Gasteiger partial charge in [-0.05, 0) is 32.1 Å². The van der Waals surface area contributed by atoms with Crippen molar-refractivity contribution in [3.8, 4) is 0 Å². The standard InChI is InChI=1S/C32H34N4O3/c1-7-30(3,4)26-20(19-13-9-11-15-22(19)33-26)17-23-28(38)35-25(27(37)34-23)18-32(39)21-14-10-12-16-24(21)36(29(32)35)31(5,6)8-2/h7-17,25,29,33,39H,1-2,18H2,3-6H3,(H,34,37)/b23-17-/t25-,29-,32-/m0/s1. The number of hydrogen-bond acceptors (Lipinski definition) is 4. The highest BCUT2D eigenvalue weighted by Gasteiger charge is 2.66. The number of fused-ring (bicyclic) bond motifs is 6. The number of carbonyl (C=O) groups is 2. The number of hydrogen-bond donors (Lipinski definition) is 3. The van der Waals surface area contributed by atoms with Crippen LogP contribution in [-0.4, -0.2) is 44.6 Å². The topological polar surface area (TPSA) is 88.7 Å². The molecular weight excluding hydrogens is 488 g/mol. The minimum Gasteiger partial charge on any atom is -0.381 e. The molecule has 3 N–H and O–H groups in total. The minimum absolute atomic E-state index is 0.116. The number of rotatable bonds is 5. The minimum atomic E-state index is -1.40. The highest BCUT2D eigenvalue weighted by Crippen LogP contribution is 2.55. The number of piperazine rings is 1. The van der Waals surface area contributed by atoms with Gasteiger partial charge in [-0.3, -0.25) is 9.59 Å². The molecule has 0 saturated carbocycles. The second-order valence-corrected chi connectivity index (χ2v) is 11.9. The number of allylic oxidation sites excluding steroid dienone is 1. The predicted molar refractivity (Wildman–Crippen MR) is 154 cm³/mol. The number of benzene rings is 2. The van der Waals surface area contributed by atoms with Gasteiger partial charge in [-0.25, -0.2) is 0 Å². The van der Waals surface area contributed by atoms with Gasteiger partial charge < -0.3 is 25.2 Å². The number of carbonyl (C=O) groups excluding carboxylic acids is 2. The lowest BCUT2D eigenvalue weighted by Gasteiger charge is -2.46. The van der Waals surface area contributed by atoms with Crippen molar-refractivity contribution in [2.24, 2.45) is 0 Å². The number of para-hydroxylation sites is 2. The lowest BCUT2D eigenvalue weighted by Crippen LogP contribution is -2.63. The second kappa shape index (κ2) is 8.20. The first-order valence-electron chi connectivity index (χ1n) is 13.3. The van der Waals surface area contributed by atoms with E-state index in [1.807, 2.05) is 79.4 Å². The SMILES string of the molecule is C=CC(C)(C)c1[nH]c2ccccc2c1/C=C1\NC(=O)[C@@H]2C[C@]3(O)c4ccccc4N(C(C)(C)C=C)[C@@H]3N2C1=O. The molecule has 3 atom stereocenters. The Labute approximate surface area is 228 Å². The molecule has 7 nitrogen and oxygen atoms in total. The average Bonchev–Trinajstić information content (AvgIpc) is 3.52. The molecule has 0 aliphatic carbocycles.